The van der Waals surface area contributed by atoms with E-state index in [0.717, 1.165) is 0 Å². The van der Waals surface area contributed by atoms with E-state index in [-0.39, 0.29) is 26.1 Å². The third kappa shape index (κ3) is 2.41. The Bertz CT molecular complexity index is 172. The smallest absolute Gasteiger partial charge is 0.157 e. The Balaban J connectivity index is 0. The summed E-state index contributed by atoms with van der Waals surface area (Å²) in [4.78, 5) is 0. The highest BCUT2D eigenvalue weighted by atomic mass is 16.3. The van der Waals surface area contributed by atoms with E-state index in [1.165, 1.54) is 12.1 Å². The highest BCUT2D eigenvalue weighted by Gasteiger charge is 1.90. The van der Waals surface area contributed by atoms with Crippen molar-refractivity contribution in [1.29, 1.82) is 0 Å². The van der Waals surface area contributed by atoms with Gasteiger partial charge in [-0.15, -0.1) is 0 Å². The van der Waals surface area contributed by atoms with Crippen molar-refractivity contribution in [3.8, 4) is 11.5 Å². The minimum Gasteiger partial charge on any atom is -0.504 e. The lowest BCUT2D eigenvalue weighted by atomic mass is 10.3. The molecule has 0 spiro atoms. The topological polar surface area (TPSA) is 75.5 Å². The van der Waals surface area contributed by atoms with E-state index in [4.69, 9.17) is 10.2 Å². The van der Waals surface area contributed by atoms with Crippen LogP contribution >= 0.6 is 0 Å². The Labute approximate surface area is 61.5 Å². The Morgan fingerprint density at radius 2 is 1.20 bits per heavy atom. The van der Waals surface area contributed by atoms with E-state index in [9.17, 15) is 0 Å². The van der Waals surface area contributed by atoms with Gasteiger partial charge in [0.15, 0.2) is 11.5 Å². The molecule has 1 aromatic carbocycles. The Morgan fingerprint density at radius 1 is 0.900 bits per heavy atom. The zero-order valence-electron chi connectivity index (χ0n) is 5.49. The molecule has 0 aliphatic heterocycles. The highest BCUT2D eigenvalue weighted by Crippen LogP contribution is 2.21. The molecule has 3 radical (unpaired) electrons. The summed E-state index contributed by atoms with van der Waals surface area (Å²) in [6, 6.07) is 6.15. The van der Waals surface area contributed by atoms with Crippen molar-refractivity contribution in [2.75, 3.05) is 0 Å². The zero-order valence-corrected chi connectivity index (χ0v) is 5.49. The van der Waals surface area contributed by atoms with E-state index in [1.54, 1.807) is 12.1 Å². The number of hydrogen-bond acceptors (Lipinski definition) is 3. The van der Waals surface area contributed by atoms with Crippen molar-refractivity contribution < 1.29 is 10.2 Å². The molecule has 0 aliphatic carbocycles. The van der Waals surface area contributed by atoms with Crippen LogP contribution in [0.3, 0.4) is 0 Å². The van der Waals surface area contributed by atoms with E-state index < -0.39 is 0 Å². The van der Waals surface area contributed by atoms with E-state index in [1.807, 2.05) is 0 Å². The summed E-state index contributed by atoms with van der Waals surface area (Å²) in [6.07, 6.45) is 0. The fraction of sp³-hybridized carbons (Fsp3) is 0. The van der Waals surface area contributed by atoms with Gasteiger partial charge in [-0.1, -0.05) is 12.1 Å². The van der Waals surface area contributed by atoms with Gasteiger partial charge in [-0.2, -0.15) is 0 Å². The molecule has 1 rings (SSSR count). The first-order chi connectivity index (χ1) is 3.80. The van der Waals surface area contributed by atoms with Crippen molar-refractivity contribution in [2.45, 2.75) is 0 Å². The van der Waals surface area contributed by atoms with Gasteiger partial charge >= 0.3 is 0 Å². The summed E-state index contributed by atoms with van der Waals surface area (Å²) < 4.78 is 0. The van der Waals surface area contributed by atoms with Crippen LogP contribution in [-0.2, 0) is 0 Å². The van der Waals surface area contributed by atoms with Crippen LogP contribution < -0.4 is 6.15 Å². The van der Waals surface area contributed by atoms with E-state index in [2.05, 4.69) is 0 Å². The first kappa shape index (κ1) is 11.6. The first-order valence-corrected chi connectivity index (χ1v) is 2.27. The maximum Gasteiger partial charge on any atom is 0.157 e. The summed E-state index contributed by atoms with van der Waals surface area (Å²) in [6.45, 7) is 0. The van der Waals surface area contributed by atoms with Crippen LogP contribution in [0, 0.1) is 0 Å². The maximum atomic E-state index is 8.67. The Kier molecular flexibility index (Phi) is 5.46. The molecule has 1 aromatic rings. The van der Waals surface area contributed by atoms with Crippen LogP contribution in [-0.4, -0.2) is 18.6 Å². The molecule has 0 aromatic heterocycles. The normalized spacial score (nSPS) is 7.20. The molecule has 0 heterocycles. The van der Waals surface area contributed by atoms with Crippen molar-refractivity contribution in [1.82, 2.24) is 6.15 Å². The summed E-state index contributed by atoms with van der Waals surface area (Å²) in [7, 11) is 0. The second-order valence-electron chi connectivity index (χ2n) is 1.49. The first-order valence-electron chi connectivity index (χ1n) is 2.27. The lowest BCUT2D eigenvalue weighted by molar-refractivity contribution is 0.404. The van der Waals surface area contributed by atoms with Gasteiger partial charge in [-0.3, -0.25) is 0 Å². The number of benzene rings is 1. The number of rotatable bonds is 0. The molecule has 0 atom stereocenters. The Morgan fingerprint density at radius 3 is 1.40 bits per heavy atom. The lowest BCUT2D eigenvalue weighted by Crippen LogP contribution is -1.63. The second-order valence-corrected chi connectivity index (χ2v) is 1.49. The molecular weight excluding hydrogens is 129 g/mol. The van der Waals surface area contributed by atoms with Gasteiger partial charge in [-0.25, -0.2) is 0 Å². The average molecular weight is 138 g/mol. The highest BCUT2D eigenvalue weighted by molar-refractivity contribution is 5.75. The zero-order chi connectivity index (χ0) is 5.98. The molecule has 0 amide bonds. The van der Waals surface area contributed by atoms with Gasteiger partial charge in [0.05, 0.1) is 0 Å². The molecule has 0 unspecified atom stereocenters. The number of para-hydroxylation sites is 2. The van der Waals surface area contributed by atoms with Crippen molar-refractivity contribution in [2.24, 2.45) is 0 Å². The Hall–Kier alpha value is -1.16. The predicted molar refractivity (Wildman–Crippen MR) is 40.5 cm³/mol. The van der Waals surface area contributed by atoms with Crippen molar-refractivity contribution >= 4 is 8.41 Å². The quantitative estimate of drug-likeness (QED) is 0.367. The standard InChI is InChI=1S/C6H6O2.B.H3N/c7-5-3-1-2-4-6(5)8;;/h1-4,7-8H;;1H3. The van der Waals surface area contributed by atoms with Crippen LogP contribution in [0.2, 0.25) is 0 Å². The average Bonchev–Trinajstić information content (AvgIpc) is 1.77. The summed E-state index contributed by atoms with van der Waals surface area (Å²) in [5.41, 5.74) is 0. The second kappa shape index (κ2) is 4.70. The summed E-state index contributed by atoms with van der Waals surface area (Å²) in [5.74, 6) is -0.153. The van der Waals surface area contributed by atoms with Crippen LogP contribution in [0.15, 0.2) is 24.3 Å². The number of phenolic OH excluding ortho intramolecular Hbond substituents is 2. The fourth-order valence-electron chi connectivity index (χ4n) is 0.464. The van der Waals surface area contributed by atoms with Crippen LogP contribution in [0.4, 0.5) is 0 Å². The van der Waals surface area contributed by atoms with Crippen molar-refractivity contribution in [3.63, 3.8) is 0 Å². The fourth-order valence-corrected chi connectivity index (χ4v) is 0.464. The minimum absolute atomic E-state index is 0. The predicted octanol–water partition coefficient (Wildman–Crippen LogP) is 0.879. The van der Waals surface area contributed by atoms with Gasteiger partial charge < -0.3 is 16.4 Å². The van der Waals surface area contributed by atoms with Crippen molar-refractivity contribution in [3.05, 3.63) is 24.3 Å². The van der Waals surface area contributed by atoms with E-state index in [0.29, 0.717) is 0 Å². The van der Waals surface area contributed by atoms with Crippen LogP contribution in [0.1, 0.15) is 0 Å². The van der Waals surface area contributed by atoms with Gasteiger partial charge in [0.25, 0.3) is 0 Å². The molecular formula is C6H9BNO2. The lowest BCUT2D eigenvalue weighted by Gasteiger charge is -1.91. The molecule has 0 bridgehead atoms. The number of phenols is 2. The SMILES string of the molecule is N.Oc1ccccc1O.[B]. The molecule has 53 valence electrons. The van der Waals surface area contributed by atoms with Gasteiger partial charge in [-0.05, 0) is 12.1 Å². The van der Waals surface area contributed by atoms with Gasteiger partial charge in [0.1, 0.15) is 0 Å². The van der Waals surface area contributed by atoms with Gasteiger partial charge in [0.2, 0.25) is 0 Å². The molecule has 5 N–H and O–H groups in total. The number of hydrogen-bond donors (Lipinski definition) is 3. The number of aromatic hydroxyl groups is 2. The molecule has 0 saturated heterocycles. The molecule has 0 aliphatic rings. The molecule has 4 heteroatoms. The third-order valence-electron chi connectivity index (χ3n) is 0.882. The molecule has 0 fully saturated rings. The third-order valence-corrected chi connectivity index (χ3v) is 0.882. The summed E-state index contributed by atoms with van der Waals surface area (Å²) in [5, 5.41) is 17.3. The van der Waals surface area contributed by atoms with Crippen LogP contribution in [0.25, 0.3) is 0 Å². The monoisotopic (exact) mass is 138 g/mol. The molecule has 10 heavy (non-hydrogen) atoms. The van der Waals surface area contributed by atoms with Gasteiger partial charge in [0, 0.05) is 8.41 Å². The largest absolute Gasteiger partial charge is 0.504 e. The van der Waals surface area contributed by atoms with Crippen LogP contribution in [0.5, 0.6) is 11.5 Å². The maximum absolute atomic E-state index is 8.67. The summed E-state index contributed by atoms with van der Waals surface area (Å²) >= 11 is 0. The minimum atomic E-state index is -0.0764. The molecule has 0 saturated carbocycles. The van der Waals surface area contributed by atoms with E-state index >= 15 is 0 Å². The molecule has 3 nitrogen and oxygen atoms in total.